The predicted octanol–water partition coefficient (Wildman–Crippen LogP) is 6.79. The first-order valence-corrected chi connectivity index (χ1v) is 11.9. The number of rotatable bonds is 7. The van der Waals surface area contributed by atoms with Gasteiger partial charge in [-0.05, 0) is 83.9 Å². The topological polar surface area (TPSA) is 109 Å². The minimum atomic E-state index is -0.842. The van der Waals surface area contributed by atoms with E-state index in [2.05, 4.69) is 19.2 Å². The van der Waals surface area contributed by atoms with E-state index < -0.39 is 12.3 Å². The van der Waals surface area contributed by atoms with Crippen molar-refractivity contribution in [2.75, 3.05) is 18.1 Å². The van der Waals surface area contributed by atoms with Crippen molar-refractivity contribution in [1.29, 1.82) is 0 Å². The summed E-state index contributed by atoms with van der Waals surface area (Å²) in [6, 6.07) is 27.8. The van der Waals surface area contributed by atoms with E-state index in [0.29, 0.717) is 28.7 Å². The average molecular weight is 513 g/mol. The van der Waals surface area contributed by atoms with E-state index in [0.717, 1.165) is 16.8 Å². The molecule has 0 amide bonds. The summed E-state index contributed by atoms with van der Waals surface area (Å²) in [5.74, 6) is 1.45. The number of nitrogen functional groups attached to an aromatic ring is 1. The molecule has 0 aromatic heterocycles. The molecule has 0 bridgehead atoms. The molecule has 0 saturated heterocycles. The summed E-state index contributed by atoms with van der Waals surface area (Å²) < 4.78 is 21.0. The van der Waals surface area contributed by atoms with Crippen LogP contribution in [0.2, 0.25) is 0 Å². The van der Waals surface area contributed by atoms with E-state index in [9.17, 15) is 9.59 Å². The highest BCUT2D eigenvalue weighted by Gasteiger charge is 2.23. The average Bonchev–Trinajstić information content (AvgIpc) is 2.91. The Balaban J connectivity index is 1.34. The monoisotopic (exact) mass is 512 g/mol. The minimum absolute atomic E-state index is 0.339. The van der Waals surface area contributed by atoms with Gasteiger partial charge in [-0.15, -0.1) is 0 Å². The highest BCUT2D eigenvalue weighted by atomic mass is 16.7. The molecule has 3 N–H and O–H groups in total. The molecule has 0 aliphatic rings. The zero-order valence-corrected chi connectivity index (χ0v) is 21.3. The molecule has 0 atom stereocenters. The summed E-state index contributed by atoms with van der Waals surface area (Å²) in [6.07, 6.45) is -1.66. The molecular weight excluding hydrogens is 484 g/mol. The molecule has 0 saturated carbocycles. The molecule has 8 nitrogen and oxygen atoms in total. The summed E-state index contributed by atoms with van der Waals surface area (Å²) in [5.41, 5.74) is 8.72. The van der Waals surface area contributed by atoms with Gasteiger partial charge in [0.25, 0.3) is 0 Å². The molecule has 0 fully saturated rings. The van der Waals surface area contributed by atoms with Gasteiger partial charge < -0.3 is 30.0 Å². The maximum Gasteiger partial charge on any atom is 0.519 e. The van der Waals surface area contributed by atoms with Crippen LogP contribution in [0.5, 0.6) is 23.0 Å². The van der Waals surface area contributed by atoms with Crippen molar-refractivity contribution in [2.24, 2.45) is 0 Å². The first-order valence-electron chi connectivity index (χ1n) is 11.9. The molecule has 0 heterocycles. The van der Waals surface area contributed by atoms with Crippen molar-refractivity contribution in [2.45, 2.75) is 19.3 Å². The number of ether oxygens (including phenoxy) is 4. The van der Waals surface area contributed by atoms with Gasteiger partial charge in [0.1, 0.15) is 23.0 Å². The van der Waals surface area contributed by atoms with Crippen LogP contribution >= 0.6 is 0 Å². The Bertz CT molecular complexity index is 1380. The number of benzene rings is 4. The number of hydrogen-bond donors (Lipinski definition) is 2. The van der Waals surface area contributed by atoms with E-state index >= 15 is 0 Å². The van der Waals surface area contributed by atoms with Crippen LogP contribution in [0.15, 0.2) is 97.1 Å². The van der Waals surface area contributed by atoms with Crippen molar-refractivity contribution in [3.05, 3.63) is 108 Å². The third-order valence-electron chi connectivity index (χ3n) is 5.98. The largest absolute Gasteiger partial charge is 0.519 e. The van der Waals surface area contributed by atoms with Crippen LogP contribution in [0.3, 0.4) is 0 Å². The molecular formula is C30H28N2O6. The second-order valence-electron chi connectivity index (χ2n) is 8.93. The van der Waals surface area contributed by atoms with Crippen molar-refractivity contribution in [3.63, 3.8) is 0 Å². The lowest BCUT2D eigenvalue weighted by Crippen LogP contribution is -2.19. The smallest absolute Gasteiger partial charge is 0.399 e. The number of carbonyl (C=O) groups is 2. The molecule has 0 aliphatic heterocycles. The summed E-state index contributed by atoms with van der Waals surface area (Å²) >= 11 is 0. The number of nitrogens with two attached hydrogens (primary N) is 1. The molecule has 4 aromatic rings. The van der Waals surface area contributed by atoms with Gasteiger partial charge in [-0.1, -0.05) is 38.1 Å². The number of carbonyl (C=O) groups excluding carboxylic acids is 2. The van der Waals surface area contributed by atoms with Crippen LogP contribution in [-0.2, 0) is 5.41 Å². The zero-order valence-electron chi connectivity index (χ0n) is 21.3. The highest BCUT2D eigenvalue weighted by Crippen LogP contribution is 2.33. The quantitative estimate of drug-likeness (QED) is 0.158. The van der Waals surface area contributed by atoms with Gasteiger partial charge in [-0.3, -0.25) is 0 Å². The first-order chi connectivity index (χ1) is 18.2. The normalized spacial score (nSPS) is 10.8. The molecule has 0 spiro atoms. The fourth-order valence-corrected chi connectivity index (χ4v) is 3.70. The van der Waals surface area contributed by atoms with Crippen LogP contribution < -0.4 is 30.0 Å². The van der Waals surface area contributed by atoms with E-state index in [1.807, 2.05) is 31.3 Å². The van der Waals surface area contributed by atoms with Gasteiger partial charge in [0.05, 0.1) is 0 Å². The Morgan fingerprint density at radius 3 is 1.24 bits per heavy atom. The van der Waals surface area contributed by atoms with Gasteiger partial charge in [-0.2, -0.15) is 0 Å². The molecule has 4 rings (SSSR count). The number of anilines is 2. The molecule has 8 heteroatoms. The van der Waals surface area contributed by atoms with E-state index in [-0.39, 0.29) is 5.41 Å². The van der Waals surface area contributed by atoms with Gasteiger partial charge in [0.15, 0.2) is 0 Å². The maximum absolute atomic E-state index is 12.2. The molecule has 194 valence electrons. The van der Waals surface area contributed by atoms with Gasteiger partial charge in [0.2, 0.25) is 0 Å². The van der Waals surface area contributed by atoms with E-state index in [1.54, 1.807) is 72.8 Å². The first kappa shape index (κ1) is 26.1. The van der Waals surface area contributed by atoms with Crippen LogP contribution in [0.4, 0.5) is 21.0 Å². The predicted molar refractivity (Wildman–Crippen MR) is 145 cm³/mol. The van der Waals surface area contributed by atoms with Gasteiger partial charge in [0, 0.05) is 23.8 Å². The standard InChI is InChI=1S/C30H28N2O6/c1-30(2,20-4-12-24(13-5-20)35-28(33)37-26-16-8-22(31)9-17-26)21-6-14-25(15-7-21)36-29(34)38-27-18-10-23(32-3)11-19-27/h4-19,32H,31H2,1-3H3. The lowest BCUT2D eigenvalue weighted by Gasteiger charge is -2.26. The van der Waals surface area contributed by atoms with E-state index in [4.69, 9.17) is 24.7 Å². The summed E-state index contributed by atoms with van der Waals surface area (Å²) in [6.45, 7) is 4.13. The van der Waals surface area contributed by atoms with Gasteiger partial charge in [-0.25, -0.2) is 9.59 Å². The third kappa shape index (κ3) is 6.61. The minimum Gasteiger partial charge on any atom is -0.399 e. The van der Waals surface area contributed by atoms with Crippen molar-refractivity contribution in [1.82, 2.24) is 0 Å². The highest BCUT2D eigenvalue weighted by molar-refractivity contribution is 5.68. The third-order valence-corrected chi connectivity index (χ3v) is 5.98. The molecule has 0 radical (unpaired) electrons. The van der Waals surface area contributed by atoms with Crippen molar-refractivity contribution in [3.8, 4) is 23.0 Å². The zero-order chi connectivity index (χ0) is 27.1. The van der Waals surface area contributed by atoms with E-state index in [1.165, 1.54) is 0 Å². The maximum atomic E-state index is 12.2. The summed E-state index contributed by atoms with van der Waals surface area (Å²) in [4.78, 5) is 24.2. The van der Waals surface area contributed by atoms with Crippen LogP contribution in [0.25, 0.3) is 0 Å². The Hall–Kier alpha value is -4.98. The Labute approximate surface area is 220 Å². The Morgan fingerprint density at radius 2 is 0.895 bits per heavy atom. The van der Waals surface area contributed by atoms with Crippen molar-refractivity contribution >= 4 is 23.7 Å². The summed E-state index contributed by atoms with van der Waals surface area (Å²) in [5, 5.41) is 3.00. The second kappa shape index (κ2) is 11.4. The molecule has 0 aliphatic carbocycles. The number of nitrogens with one attached hydrogen (secondary N) is 1. The SMILES string of the molecule is CNc1ccc(OC(=O)Oc2ccc(C(C)(C)c3ccc(OC(=O)Oc4ccc(N)cc4)cc3)cc2)cc1. The van der Waals surface area contributed by atoms with Gasteiger partial charge >= 0.3 is 12.3 Å². The Morgan fingerprint density at radius 1 is 0.579 bits per heavy atom. The van der Waals surface area contributed by atoms with Crippen LogP contribution in [0, 0.1) is 0 Å². The lowest BCUT2D eigenvalue weighted by molar-refractivity contribution is 0.150. The second-order valence-corrected chi connectivity index (χ2v) is 8.93. The molecule has 38 heavy (non-hydrogen) atoms. The Kier molecular flexibility index (Phi) is 7.82. The molecule has 4 aromatic carbocycles. The summed E-state index contributed by atoms with van der Waals surface area (Å²) in [7, 11) is 1.81. The molecule has 0 unspecified atom stereocenters. The number of hydrogen-bond acceptors (Lipinski definition) is 8. The lowest BCUT2D eigenvalue weighted by atomic mass is 9.78. The van der Waals surface area contributed by atoms with Crippen LogP contribution in [0.1, 0.15) is 25.0 Å². The van der Waals surface area contributed by atoms with Crippen molar-refractivity contribution < 1.29 is 28.5 Å². The fourth-order valence-electron chi connectivity index (χ4n) is 3.70. The fraction of sp³-hybridized carbons (Fsp3) is 0.133. The van der Waals surface area contributed by atoms with Crippen LogP contribution in [-0.4, -0.2) is 19.4 Å².